The summed E-state index contributed by atoms with van der Waals surface area (Å²) in [4.78, 5) is 9.27. The Hall–Kier alpha value is -0.120. The van der Waals surface area contributed by atoms with Crippen LogP contribution >= 0.6 is 0 Å². The van der Waals surface area contributed by atoms with Crippen molar-refractivity contribution >= 4 is 0 Å². The first-order valence-electron chi connectivity index (χ1n) is 3.70. The van der Waals surface area contributed by atoms with Gasteiger partial charge in [-0.3, -0.25) is 0 Å². The van der Waals surface area contributed by atoms with Crippen LogP contribution in [0.1, 0.15) is 26.2 Å². The van der Waals surface area contributed by atoms with Gasteiger partial charge in [-0.05, 0) is 18.8 Å². The third-order valence-electron chi connectivity index (χ3n) is 2.01. The van der Waals surface area contributed by atoms with Gasteiger partial charge in [0, 0.05) is 0 Å². The largest absolute Gasteiger partial charge is 0.210 e. The van der Waals surface area contributed by atoms with E-state index in [9.17, 15) is 0 Å². The van der Waals surface area contributed by atoms with Crippen molar-refractivity contribution in [3.05, 3.63) is 0 Å². The molecule has 0 spiro atoms. The molecule has 0 aromatic carbocycles. The zero-order valence-corrected chi connectivity index (χ0v) is 6.50. The van der Waals surface area contributed by atoms with Crippen LogP contribution in [-0.4, -0.2) is 13.2 Å². The first kappa shape index (κ1) is 7.98. The Bertz CT molecular complexity index is 94.9. The van der Waals surface area contributed by atoms with Crippen LogP contribution in [0, 0.1) is 5.92 Å². The highest BCUT2D eigenvalue weighted by molar-refractivity contribution is 4.72. The monoisotopic (exact) mass is 146 g/mol. The first-order valence-corrected chi connectivity index (χ1v) is 3.70. The Morgan fingerprint density at radius 3 is 2.60 bits per heavy atom. The topological polar surface area (TPSA) is 27.7 Å². The minimum absolute atomic E-state index is 0.236. The van der Waals surface area contributed by atoms with Gasteiger partial charge in [0.1, 0.15) is 0 Å². The van der Waals surface area contributed by atoms with Gasteiger partial charge in [-0.1, -0.05) is 18.4 Å². The lowest BCUT2D eigenvalue weighted by atomic mass is 10.1. The summed E-state index contributed by atoms with van der Waals surface area (Å²) >= 11 is 0. The summed E-state index contributed by atoms with van der Waals surface area (Å²) in [6.45, 7) is 2.16. The van der Waals surface area contributed by atoms with Crippen molar-refractivity contribution in [2.75, 3.05) is 7.11 Å². The number of hydrogen-bond donors (Lipinski definition) is 0. The summed E-state index contributed by atoms with van der Waals surface area (Å²) in [5, 5.41) is 4.39. The minimum Gasteiger partial charge on any atom is -0.210 e. The lowest BCUT2D eigenvalue weighted by Crippen LogP contribution is -2.15. The molecular formula is C7H14O3. The summed E-state index contributed by atoms with van der Waals surface area (Å²) in [5.41, 5.74) is 0. The smallest absolute Gasteiger partial charge is 0.0986 e. The molecule has 0 bridgehead atoms. The summed E-state index contributed by atoms with van der Waals surface area (Å²) in [6.07, 6.45) is 3.79. The van der Waals surface area contributed by atoms with E-state index in [2.05, 4.69) is 16.8 Å². The van der Waals surface area contributed by atoms with Crippen LogP contribution in [0.2, 0.25) is 0 Å². The van der Waals surface area contributed by atoms with Gasteiger partial charge in [-0.15, -0.1) is 0 Å². The van der Waals surface area contributed by atoms with Gasteiger partial charge in [0.15, 0.2) is 0 Å². The molecule has 3 nitrogen and oxygen atoms in total. The van der Waals surface area contributed by atoms with Gasteiger partial charge < -0.3 is 0 Å². The van der Waals surface area contributed by atoms with E-state index in [1.807, 2.05) is 0 Å². The van der Waals surface area contributed by atoms with Crippen molar-refractivity contribution < 1.29 is 14.8 Å². The molecule has 0 heterocycles. The summed E-state index contributed by atoms with van der Waals surface area (Å²) in [7, 11) is 1.44. The highest BCUT2D eigenvalue weighted by atomic mass is 17.5. The van der Waals surface area contributed by atoms with Crippen molar-refractivity contribution in [2.24, 2.45) is 5.92 Å². The van der Waals surface area contributed by atoms with Crippen LogP contribution in [-0.2, 0) is 14.8 Å². The Morgan fingerprint density at radius 1 is 1.30 bits per heavy atom. The van der Waals surface area contributed by atoms with Gasteiger partial charge in [0.25, 0.3) is 0 Å². The lowest BCUT2D eigenvalue weighted by molar-refractivity contribution is -0.518. The SMILES string of the molecule is COOOC1CCCC1C. The van der Waals surface area contributed by atoms with Crippen LogP contribution in [0.25, 0.3) is 0 Å². The second kappa shape index (κ2) is 3.91. The molecule has 1 fully saturated rings. The maximum Gasteiger partial charge on any atom is 0.0986 e. The molecule has 0 radical (unpaired) electrons. The Morgan fingerprint density at radius 2 is 2.10 bits per heavy atom. The van der Waals surface area contributed by atoms with Crippen molar-refractivity contribution in [1.29, 1.82) is 0 Å². The standard InChI is InChI=1S/C7H14O3/c1-6-4-3-5-7(6)9-10-8-2/h6-7H,3-5H2,1-2H3. The molecular weight excluding hydrogens is 132 g/mol. The maximum absolute atomic E-state index is 4.94. The molecule has 0 aromatic heterocycles. The zero-order chi connectivity index (χ0) is 7.40. The van der Waals surface area contributed by atoms with Crippen molar-refractivity contribution in [3.63, 3.8) is 0 Å². The highest BCUT2D eigenvalue weighted by Gasteiger charge is 2.25. The predicted octanol–water partition coefficient (Wildman–Crippen LogP) is 1.68. The van der Waals surface area contributed by atoms with Crippen LogP contribution in [0.3, 0.4) is 0 Å². The summed E-state index contributed by atoms with van der Waals surface area (Å²) < 4.78 is 0. The Balaban J connectivity index is 2.14. The fourth-order valence-corrected chi connectivity index (χ4v) is 1.34. The van der Waals surface area contributed by atoms with E-state index in [0.29, 0.717) is 5.92 Å². The fourth-order valence-electron chi connectivity index (χ4n) is 1.34. The molecule has 0 amide bonds. The van der Waals surface area contributed by atoms with Gasteiger partial charge in [-0.25, -0.2) is 9.78 Å². The van der Waals surface area contributed by atoms with E-state index in [1.165, 1.54) is 20.0 Å². The summed E-state index contributed by atoms with van der Waals surface area (Å²) in [5.74, 6) is 0.607. The molecule has 0 saturated heterocycles. The van der Waals surface area contributed by atoms with Crippen LogP contribution < -0.4 is 0 Å². The first-order chi connectivity index (χ1) is 4.84. The van der Waals surface area contributed by atoms with Crippen LogP contribution in [0.15, 0.2) is 0 Å². The molecule has 0 aromatic rings. The van der Waals surface area contributed by atoms with Gasteiger partial charge in [-0.2, -0.15) is 0 Å². The van der Waals surface area contributed by atoms with E-state index in [4.69, 9.17) is 4.89 Å². The third-order valence-corrected chi connectivity index (χ3v) is 2.01. The second-order valence-electron chi connectivity index (χ2n) is 2.78. The number of hydrogen-bond acceptors (Lipinski definition) is 3. The average molecular weight is 146 g/mol. The fraction of sp³-hybridized carbons (Fsp3) is 1.00. The molecule has 10 heavy (non-hydrogen) atoms. The molecule has 1 rings (SSSR count). The van der Waals surface area contributed by atoms with Crippen LogP contribution in [0.4, 0.5) is 0 Å². The van der Waals surface area contributed by atoms with Crippen molar-refractivity contribution in [1.82, 2.24) is 0 Å². The molecule has 1 aliphatic rings. The van der Waals surface area contributed by atoms with E-state index < -0.39 is 0 Å². The lowest BCUT2D eigenvalue weighted by Gasteiger charge is -2.11. The van der Waals surface area contributed by atoms with Crippen molar-refractivity contribution in [2.45, 2.75) is 32.3 Å². The Kier molecular flexibility index (Phi) is 3.12. The molecule has 0 aliphatic heterocycles. The zero-order valence-electron chi connectivity index (χ0n) is 6.50. The van der Waals surface area contributed by atoms with Crippen LogP contribution in [0.5, 0.6) is 0 Å². The predicted molar refractivity (Wildman–Crippen MR) is 36.0 cm³/mol. The van der Waals surface area contributed by atoms with Gasteiger partial charge in [0.05, 0.1) is 13.2 Å². The van der Waals surface area contributed by atoms with E-state index >= 15 is 0 Å². The molecule has 3 heteroatoms. The minimum atomic E-state index is 0.236. The quantitative estimate of drug-likeness (QED) is 0.448. The van der Waals surface area contributed by atoms with Gasteiger partial charge >= 0.3 is 0 Å². The molecule has 0 N–H and O–H groups in total. The molecule has 1 aliphatic carbocycles. The normalized spacial score (nSPS) is 33.0. The molecule has 2 unspecified atom stereocenters. The second-order valence-corrected chi connectivity index (χ2v) is 2.78. The molecule has 60 valence electrons. The highest BCUT2D eigenvalue weighted by Crippen LogP contribution is 2.27. The third kappa shape index (κ3) is 1.94. The molecule has 1 saturated carbocycles. The van der Waals surface area contributed by atoms with E-state index in [-0.39, 0.29) is 6.10 Å². The maximum atomic E-state index is 4.94. The average Bonchev–Trinajstić information content (AvgIpc) is 2.31. The van der Waals surface area contributed by atoms with Gasteiger partial charge in [0.2, 0.25) is 0 Å². The van der Waals surface area contributed by atoms with Crippen molar-refractivity contribution in [3.8, 4) is 0 Å². The number of rotatable bonds is 3. The Labute approximate surface area is 61.1 Å². The summed E-state index contributed by atoms with van der Waals surface area (Å²) in [6, 6.07) is 0. The molecule has 2 atom stereocenters. The van der Waals surface area contributed by atoms with E-state index in [1.54, 1.807) is 0 Å². The van der Waals surface area contributed by atoms with E-state index in [0.717, 1.165) is 6.42 Å².